The first-order valence-electron chi connectivity index (χ1n) is 10.2. The Bertz CT molecular complexity index is 992. The van der Waals surface area contributed by atoms with E-state index in [1.165, 1.54) is 11.1 Å². The highest BCUT2D eigenvalue weighted by Crippen LogP contribution is 2.55. The van der Waals surface area contributed by atoms with Crippen LogP contribution >= 0.6 is 0 Å². The monoisotopic (exact) mass is 401 g/mol. The number of aliphatic hydroxyl groups is 1. The fourth-order valence-corrected chi connectivity index (χ4v) is 6.90. The van der Waals surface area contributed by atoms with E-state index in [2.05, 4.69) is 33.8 Å². The molecule has 1 unspecified atom stereocenters. The van der Waals surface area contributed by atoms with Crippen LogP contribution in [-0.2, 0) is 10.0 Å². The topological polar surface area (TPSA) is 75.4 Å². The van der Waals surface area contributed by atoms with Gasteiger partial charge in [-0.1, -0.05) is 24.3 Å². The van der Waals surface area contributed by atoms with Crippen molar-refractivity contribution in [3.63, 3.8) is 0 Å². The third-order valence-corrected chi connectivity index (χ3v) is 9.29. The summed E-state index contributed by atoms with van der Waals surface area (Å²) in [6.07, 6.45) is 6.77. The zero-order valence-electron chi connectivity index (χ0n) is 16.2. The molecular weight excluding hydrogens is 374 g/mol. The molecule has 5 rings (SSSR count). The number of benzene rings is 1. The molecular formula is C21H27N3O3S. The molecule has 150 valence electrons. The van der Waals surface area contributed by atoms with Crippen LogP contribution in [0.15, 0.2) is 36.8 Å². The molecule has 0 bridgehead atoms. The van der Waals surface area contributed by atoms with E-state index in [1.54, 1.807) is 11.2 Å². The fourth-order valence-electron chi connectivity index (χ4n) is 5.79. The molecule has 1 aromatic heterocycles. The Morgan fingerprint density at radius 1 is 1.21 bits per heavy atom. The summed E-state index contributed by atoms with van der Waals surface area (Å²) in [5.41, 5.74) is 3.44. The van der Waals surface area contributed by atoms with Crippen molar-refractivity contribution in [2.45, 2.75) is 44.8 Å². The van der Waals surface area contributed by atoms with Crippen LogP contribution in [0.25, 0.3) is 11.3 Å². The number of aromatic nitrogens is 2. The molecule has 2 aliphatic heterocycles. The third kappa shape index (κ3) is 2.52. The number of fused-ring (bicyclic) bond motifs is 3. The van der Waals surface area contributed by atoms with Gasteiger partial charge in [-0.3, -0.25) is 0 Å². The summed E-state index contributed by atoms with van der Waals surface area (Å²) in [6, 6.07) is 8.53. The van der Waals surface area contributed by atoms with Gasteiger partial charge in [0.1, 0.15) is 0 Å². The van der Waals surface area contributed by atoms with Crippen LogP contribution in [0, 0.1) is 11.3 Å². The lowest BCUT2D eigenvalue weighted by Gasteiger charge is -2.42. The molecule has 2 aromatic rings. The van der Waals surface area contributed by atoms with E-state index in [0.29, 0.717) is 13.1 Å². The molecule has 1 saturated carbocycles. The zero-order valence-corrected chi connectivity index (χ0v) is 17.0. The predicted molar refractivity (Wildman–Crippen MR) is 107 cm³/mol. The molecule has 0 amide bonds. The van der Waals surface area contributed by atoms with Gasteiger partial charge in [0.05, 0.1) is 36.1 Å². The van der Waals surface area contributed by atoms with Crippen LogP contribution in [0.3, 0.4) is 0 Å². The highest BCUT2D eigenvalue weighted by atomic mass is 32.2. The van der Waals surface area contributed by atoms with Crippen molar-refractivity contribution in [2.75, 3.05) is 18.8 Å². The lowest BCUT2D eigenvalue weighted by atomic mass is 9.73. The van der Waals surface area contributed by atoms with E-state index in [4.69, 9.17) is 0 Å². The highest BCUT2D eigenvalue weighted by Gasteiger charge is 2.53. The van der Waals surface area contributed by atoms with Gasteiger partial charge in [-0.25, -0.2) is 17.7 Å². The number of nitrogens with zero attached hydrogens (tertiary/aromatic N) is 3. The summed E-state index contributed by atoms with van der Waals surface area (Å²) >= 11 is 0. The molecule has 1 saturated heterocycles. The van der Waals surface area contributed by atoms with Gasteiger partial charge in [-0.2, -0.15) is 0 Å². The van der Waals surface area contributed by atoms with Gasteiger partial charge in [0.15, 0.2) is 0 Å². The van der Waals surface area contributed by atoms with Crippen LogP contribution in [0.2, 0.25) is 0 Å². The average molecular weight is 402 g/mol. The molecule has 2 fully saturated rings. The van der Waals surface area contributed by atoms with E-state index >= 15 is 0 Å². The Morgan fingerprint density at radius 3 is 2.71 bits per heavy atom. The second kappa shape index (κ2) is 6.40. The highest BCUT2D eigenvalue weighted by molar-refractivity contribution is 7.89. The van der Waals surface area contributed by atoms with Crippen molar-refractivity contribution in [3.8, 4) is 11.3 Å². The summed E-state index contributed by atoms with van der Waals surface area (Å²) in [5, 5.41) is 11.5. The maximum Gasteiger partial charge on any atom is 0.213 e. The van der Waals surface area contributed by atoms with Gasteiger partial charge in [-0.15, -0.1) is 0 Å². The first-order chi connectivity index (χ1) is 13.5. The smallest absolute Gasteiger partial charge is 0.213 e. The van der Waals surface area contributed by atoms with Gasteiger partial charge in [0.25, 0.3) is 0 Å². The summed E-state index contributed by atoms with van der Waals surface area (Å²) in [6.45, 7) is 2.75. The minimum Gasteiger partial charge on any atom is -0.392 e. The largest absolute Gasteiger partial charge is 0.392 e. The molecule has 7 heteroatoms. The average Bonchev–Trinajstić information content (AvgIpc) is 3.38. The van der Waals surface area contributed by atoms with Crippen molar-refractivity contribution in [1.82, 2.24) is 13.9 Å². The first kappa shape index (κ1) is 18.3. The number of rotatable bonds is 3. The van der Waals surface area contributed by atoms with Crippen molar-refractivity contribution in [3.05, 3.63) is 42.4 Å². The van der Waals surface area contributed by atoms with Crippen molar-refractivity contribution >= 4 is 10.0 Å². The lowest BCUT2D eigenvalue weighted by Crippen LogP contribution is -2.47. The molecule has 3 heterocycles. The maximum absolute atomic E-state index is 12.2. The number of sulfonamides is 1. The Labute approximate surface area is 166 Å². The van der Waals surface area contributed by atoms with Crippen LogP contribution in [0.4, 0.5) is 0 Å². The van der Waals surface area contributed by atoms with Crippen molar-refractivity contribution < 1.29 is 13.5 Å². The van der Waals surface area contributed by atoms with E-state index in [0.717, 1.165) is 31.4 Å². The molecule has 1 aliphatic carbocycles. The van der Waals surface area contributed by atoms with E-state index in [-0.39, 0.29) is 23.1 Å². The number of hydrogen-bond acceptors (Lipinski definition) is 4. The van der Waals surface area contributed by atoms with Gasteiger partial charge in [0, 0.05) is 24.6 Å². The molecule has 3 atom stereocenters. The normalized spacial score (nSPS) is 29.1. The summed E-state index contributed by atoms with van der Waals surface area (Å²) in [7, 11) is -3.15. The van der Waals surface area contributed by atoms with E-state index < -0.39 is 16.1 Å². The number of piperidine rings is 1. The standard InChI is InChI=1S/C21H27N3O3S/c1-2-28(26,27)23-11-9-21(10-12-23)8-7-17(20(21)25)19-16-6-4-3-5-15(16)18-13-22-14-24(18)19/h3-6,13-14,17,19-20,25H,2,7-12H2,1H3/t17-,19?,20+/m0/s1. The van der Waals surface area contributed by atoms with E-state index in [9.17, 15) is 13.5 Å². The minimum atomic E-state index is -3.15. The number of hydrogen-bond donors (Lipinski definition) is 1. The lowest BCUT2D eigenvalue weighted by molar-refractivity contribution is -0.0145. The SMILES string of the molecule is CCS(=O)(=O)N1CCC2(CC[C@@H](C3c4ccccc4-c4cncn43)[C@H]2O)CC1. The molecule has 1 aromatic carbocycles. The van der Waals surface area contributed by atoms with Crippen LogP contribution < -0.4 is 0 Å². The molecule has 6 nitrogen and oxygen atoms in total. The molecule has 28 heavy (non-hydrogen) atoms. The summed E-state index contributed by atoms with van der Waals surface area (Å²) in [4.78, 5) is 4.35. The number of imidazole rings is 1. The maximum atomic E-state index is 12.2. The Balaban J connectivity index is 1.42. The first-order valence-corrected chi connectivity index (χ1v) is 11.8. The minimum absolute atomic E-state index is 0.112. The van der Waals surface area contributed by atoms with Crippen molar-refractivity contribution in [2.24, 2.45) is 11.3 Å². The predicted octanol–water partition coefficient (Wildman–Crippen LogP) is 2.66. The van der Waals surface area contributed by atoms with Gasteiger partial charge < -0.3 is 9.67 Å². The third-order valence-electron chi connectivity index (χ3n) is 7.41. The van der Waals surface area contributed by atoms with Crippen LogP contribution in [0.1, 0.15) is 44.2 Å². The summed E-state index contributed by atoms with van der Waals surface area (Å²) < 4.78 is 28.2. The van der Waals surface area contributed by atoms with Crippen LogP contribution in [-0.4, -0.2) is 52.3 Å². The Kier molecular flexibility index (Phi) is 4.19. The Hall–Kier alpha value is -1.70. The molecule has 0 radical (unpaired) electrons. The quantitative estimate of drug-likeness (QED) is 0.858. The second-order valence-corrected chi connectivity index (χ2v) is 10.8. The van der Waals surface area contributed by atoms with Gasteiger partial charge in [-0.05, 0) is 43.6 Å². The van der Waals surface area contributed by atoms with Gasteiger partial charge in [0.2, 0.25) is 10.0 Å². The van der Waals surface area contributed by atoms with E-state index in [1.807, 2.05) is 12.5 Å². The molecule has 1 spiro atoms. The second-order valence-electron chi connectivity index (χ2n) is 8.53. The fraction of sp³-hybridized carbons (Fsp3) is 0.571. The Morgan fingerprint density at radius 2 is 1.96 bits per heavy atom. The number of aliphatic hydroxyl groups excluding tert-OH is 1. The molecule has 1 N–H and O–H groups in total. The van der Waals surface area contributed by atoms with Gasteiger partial charge >= 0.3 is 0 Å². The van der Waals surface area contributed by atoms with Crippen LogP contribution in [0.5, 0.6) is 0 Å². The summed E-state index contributed by atoms with van der Waals surface area (Å²) in [5.74, 6) is 0.277. The zero-order chi connectivity index (χ0) is 19.5. The molecule has 3 aliphatic rings. The van der Waals surface area contributed by atoms with Crippen molar-refractivity contribution in [1.29, 1.82) is 0 Å².